The number of nitrogens with one attached hydrogen (secondary N) is 1. The molecule has 2 aromatic rings. The minimum Gasteiger partial charge on any atom is -0.266 e. The Morgan fingerprint density at radius 1 is 1.32 bits per heavy atom. The highest BCUT2D eigenvalue weighted by atomic mass is 35.5. The summed E-state index contributed by atoms with van der Waals surface area (Å²) in [6.45, 7) is 0. The van der Waals surface area contributed by atoms with E-state index < -0.39 is 0 Å². The molecule has 22 heavy (non-hydrogen) atoms. The van der Waals surface area contributed by atoms with Gasteiger partial charge in [-0.1, -0.05) is 36.2 Å². The molecule has 5 heteroatoms. The van der Waals surface area contributed by atoms with E-state index in [2.05, 4.69) is 10.5 Å². The first-order valence-corrected chi connectivity index (χ1v) is 8.92. The summed E-state index contributed by atoms with van der Waals surface area (Å²) in [5.41, 5.74) is 2.64. The van der Waals surface area contributed by atoms with Crippen LogP contribution >= 0.6 is 22.9 Å². The summed E-state index contributed by atoms with van der Waals surface area (Å²) in [5.74, 6) is 1.98. The third-order valence-corrected chi connectivity index (χ3v) is 6.64. The maximum Gasteiger partial charge on any atom is 0.282 e. The minimum absolute atomic E-state index is 0.217. The Kier molecular flexibility index (Phi) is 3.66. The zero-order valence-corrected chi connectivity index (χ0v) is 13.7. The van der Waals surface area contributed by atoms with Gasteiger partial charge in [0, 0.05) is 16.3 Å². The highest BCUT2D eigenvalue weighted by molar-refractivity contribution is 7.21. The third-order valence-electron chi connectivity index (χ3n) is 4.97. The Balaban J connectivity index is 1.46. The fraction of sp³-hybridized carbons (Fsp3) is 0.412. The average Bonchev–Trinajstić information content (AvgIpc) is 3.22. The predicted molar refractivity (Wildman–Crippen MR) is 91.7 cm³/mol. The second-order valence-corrected chi connectivity index (χ2v) is 7.73. The molecule has 1 aromatic heterocycles. The summed E-state index contributed by atoms with van der Waals surface area (Å²) in [4.78, 5) is 12.8. The molecule has 2 aliphatic carbocycles. The molecule has 1 aromatic carbocycles. The van der Waals surface area contributed by atoms with E-state index in [0.717, 1.165) is 21.9 Å². The summed E-state index contributed by atoms with van der Waals surface area (Å²) < 4.78 is 1.02. The van der Waals surface area contributed by atoms with Crippen LogP contribution in [0.2, 0.25) is 5.02 Å². The minimum atomic E-state index is -0.217. The van der Waals surface area contributed by atoms with E-state index in [1.165, 1.54) is 37.0 Å². The lowest BCUT2D eigenvalue weighted by atomic mass is 9.90. The first-order chi connectivity index (χ1) is 10.7. The largest absolute Gasteiger partial charge is 0.282 e. The first kappa shape index (κ1) is 14.2. The van der Waals surface area contributed by atoms with Gasteiger partial charge in [-0.05, 0) is 43.1 Å². The molecule has 0 spiro atoms. The molecule has 2 aliphatic rings. The molecule has 4 rings (SSSR count). The molecule has 0 aliphatic heterocycles. The zero-order valence-electron chi connectivity index (χ0n) is 12.1. The number of benzene rings is 1. The monoisotopic (exact) mass is 332 g/mol. The Morgan fingerprint density at radius 2 is 2.18 bits per heavy atom. The van der Waals surface area contributed by atoms with E-state index in [0.29, 0.717) is 15.8 Å². The van der Waals surface area contributed by atoms with Crippen molar-refractivity contribution in [2.75, 3.05) is 0 Å². The normalized spacial score (nSPS) is 27.0. The molecular formula is C17H17ClN2OS. The average molecular weight is 333 g/mol. The van der Waals surface area contributed by atoms with Crippen LogP contribution in [0.3, 0.4) is 0 Å². The van der Waals surface area contributed by atoms with E-state index in [4.69, 9.17) is 11.6 Å². The van der Waals surface area contributed by atoms with Gasteiger partial charge < -0.3 is 0 Å². The van der Waals surface area contributed by atoms with Gasteiger partial charge >= 0.3 is 0 Å². The molecule has 3 nitrogen and oxygen atoms in total. The maximum atomic E-state index is 12.3. The fourth-order valence-electron chi connectivity index (χ4n) is 3.88. The number of hydrazone groups is 1. The number of carbonyl (C=O) groups excluding carboxylic acids is 1. The maximum absolute atomic E-state index is 12.3. The number of nitrogens with zero attached hydrogens (tertiary/aromatic N) is 1. The summed E-state index contributed by atoms with van der Waals surface area (Å²) in [5, 5.41) is 5.63. The van der Waals surface area contributed by atoms with Crippen molar-refractivity contribution in [3.05, 3.63) is 34.2 Å². The zero-order chi connectivity index (χ0) is 15.1. The molecule has 0 unspecified atom stereocenters. The van der Waals surface area contributed by atoms with E-state index in [1.807, 2.05) is 30.5 Å². The van der Waals surface area contributed by atoms with Crippen molar-refractivity contribution in [3.8, 4) is 0 Å². The highest BCUT2D eigenvalue weighted by Gasteiger charge is 2.38. The summed E-state index contributed by atoms with van der Waals surface area (Å²) >= 11 is 7.72. The molecule has 1 heterocycles. The number of rotatable bonds is 3. The molecule has 0 saturated heterocycles. The summed E-state index contributed by atoms with van der Waals surface area (Å²) in [6, 6.07) is 7.78. The van der Waals surface area contributed by atoms with Gasteiger partial charge in [0.25, 0.3) is 5.91 Å². The second kappa shape index (κ2) is 5.67. The van der Waals surface area contributed by atoms with Gasteiger partial charge in [0.1, 0.15) is 4.88 Å². The summed E-state index contributed by atoms with van der Waals surface area (Å²) in [7, 11) is 0. The SMILES string of the molecule is O=C(N/N=C\[C@@H]1C[C@H]2CC[C@H]1C2)c1sc2ccccc2c1Cl. The van der Waals surface area contributed by atoms with Crippen LogP contribution in [0.15, 0.2) is 29.4 Å². The third kappa shape index (κ3) is 2.44. The van der Waals surface area contributed by atoms with Gasteiger partial charge in [0.05, 0.1) is 5.02 Å². The van der Waals surface area contributed by atoms with E-state index >= 15 is 0 Å². The van der Waals surface area contributed by atoms with Crippen LogP contribution in [-0.2, 0) is 0 Å². The van der Waals surface area contributed by atoms with Crippen molar-refractivity contribution < 1.29 is 4.79 Å². The van der Waals surface area contributed by atoms with Gasteiger partial charge in [-0.15, -0.1) is 11.3 Å². The molecule has 0 radical (unpaired) electrons. The van der Waals surface area contributed by atoms with Gasteiger partial charge in [-0.3, -0.25) is 4.79 Å². The lowest BCUT2D eigenvalue weighted by Crippen LogP contribution is -2.19. The lowest BCUT2D eigenvalue weighted by molar-refractivity contribution is 0.0959. The van der Waals surface area contributed by atoms with Crippen molar-refractivity contribution in [3.63, 3.8) is 0 Å². The fourth-order valence-corrected chi connectivity index (χ4v) is 5.29. The lowest BCUT2D eigenvalue weighted by Gasteiger charge is -2.16. The van der Waals surface area contributed by atoms with Crippen LogP contribution in [0.5, 0.6) is 0 Å². The van der Waals surface area contributed by atoms with Crippen molar-refractivity contribution in [1.29, 1.82) is 0 Å². The molecule has 114 valence electrons. The van der Waals surface area contributed by atoms with Gasteiger partial charge in [0.2, 0.25) is 0 Å². The van der Waals surface area contributed by atoms with Crippen molar-refractivity contribution in [1.82, 2.24) is 5.43 Å². The van der Waals surface area contributed by atoms with Crippen LogP contribution in [0.25, 0.3) is 10.1 Å². The smallest absolute Gasteiger partial charge is 0.266 e. The molecule has 3 atom stereocenters. The highest BCUT2D eigenvalue weighted by Crippen LogP contribution is 2.47. The van der Waals surface area contributed by atoms with Gasteiger partial charge in [-0.25, -0.2) is 5.43 Å². The Bertz CT molecular complexity index is 754. The van der Waals surface area contributed by atoms with Crippen LogP contribution in [0, 0.1) is 17.8 Å². The van der Waals surface area contributed by atoms with Crippen molar-refractivity contribution in [2.24, 2.45) is 22.9 Å². The van der Waals surface area contributed by atoms with Crippen LogP contribution < -0.4 is 5.43 Å². The first-order valence-electron chi connectivity index (χ1n) is 7.73. The second-order valence-electron chi connectivity index (χ2n) is 6.30. The standard InChI is InChI=1S/C17H17ClN2OS/c18-15-13-3-1-2-4-14(13)22-16(15)17(21)20-19-9-12-8-10-5-6-11(12)7-10/h1-4,9-12H,5-8H2,(H,20,21)/b19-9-/t10-,11-,12-/m0/s1. The number of thiophene rings is 1. The quantitative estimate of drug-likeness (QED) is 0.642. The van der Waals surface area contributed by atoms with Crippen LogP contribution in [0.1, 0.15) is 35.4 Å². The predicted octanol–water partition coefficient (Wildman–Crippen LogP) is 4.71. The molecule has 2 bridgehead atoms. The van der Waals surface area contributed by atoms with E-state index in [-0.39, 0.29) is 5.91 Å². The molecule has 1 amide bonds. The van der Waals surface area contributed by atoms with Crippen molar-refractivity contribution in [2.45, 2.75) is 25.7 Å². The van der Waals surface area contributed by atoms with E-state index in [9.17, 15) is 4.79 Å². The number of fused-ring (bicyclic) bond motifs is 3. The Labute approximate surface area is 138 Å². The molecule has 2 saturated carbocycles. The number of hydrogen-bond acceptors (Lipinski definition) is 3. The van der Waals surface area contributed by atoms with Gasteiger partial charge in [0.15, 0.2) is 0 Å². The van der Waals surface area contributed by atoms with Crippen LogP contribution in [0.4, 0.5) is 0 Å². The van der Waals surface area contributed by atoms with E-state index in [1.54, 1.807) is 0 Å². The molecular weight excluding hydrogens is 316 g/mol. The Morgan fingerprint density at radius 3 is 2.91 bits per heavy atom. The topological polar surface area (TPSA) is 41.5 Å². The van der Waals surface area contributed by atoms with Crippen molar-refractivity contribution >= 4 is 45.1 Å². The molecule has 2 fully saturated rings. The molecule has 1 N–H and O–H groups in total. The summed E-state index contributed by atoms with van der Waals surface area (Å²) in [6.07, 6.45) is 7.19. The number of carbonyl (C=O) groups is 1. The number of amides is 1. The van der Waals surface area contributed by atoms with Gasteiger partial charge in [-0.2, -0.15) is 5.10 Å². The number of hydrogen-bond donors (Lipinski definition) is 1. The number of halogens is 1. The van der Waals surface area contributed by atoms with Crippen LogP contribution in [-0.4, -0.2) is 12.1 Å². The Hall–Kier alpha value is -1.39.